The molecule has 4 heteroatoms. The van der Waals surface area contributed by atoms with Gasteiger partial charge in [0, 0.05) is 6.07 Å². The number of anilines is 1. The highest BCUT2D eigenvalue weighted by atomic mass is 16.5. The Kier molecular flexibility index (Phi) is 3.14. The highest BCUT2D eigenvalue weighted by Crippen LogP contribution is 2.20. The number of carbonyl (C=O) groups is 1. The van der Waals surface area contributed by atoms with E-state index in [1.54, 1.807) is 6.07 Å². The van der Waals surface area contributed by atoms with Crippen molar-refractivity contribution in [1.29, 1.82) is 0 Å². The zero-order valence-electron chi connectivity index (χ0n) is 9.47. The van der Waals surface area contributed by atoms with E-state index in [1.165, 1.54) is 12.1 Å². The first-order valence-corrected chi connectivity index (χ1v) is 5.36. The summed E-state index contributed by atoms with van der Waals surface area (Å²) >= 11 is 0. The zero-order valence-corrected chi connectivity index (χ0v) is 9.47. The van der Waals surface area contributed by atoms with Crippen LogP contribution in [0.5, 0.6) is 5.75 Å². The van der Waals surface area contributed by atoms with Crippen molar-refractivity contribution in [3.8, 4) is 5.75 Å². The van der Waals surface area contributed by atoms with Crippen LogP contribution in [0.1, 0.15) is 23.0 Å². The fourth-order valence-electron chi connectivity index (χ4n) is 1.51. The van der Waals surface area contributed by atoms with E-state index in [4.69, 9.17) is 14.9 Å². The molecule has 1 aromatic carbocycles. The van der Waals surface area contributed by atoms with E-state index < -0.39 is 5.97 Å². The van der Waals surface area contributed by atoms with E-state index in [0.717, 1.165) is 12.0 Å². The lowest BCUT2D eigenvalue weighted by Crippen LogP contribution is -2.08. The highest BCUT2D eigenvalue weighted by molar-refractivity contribution is 5.88. The zero-order chi connectivity index (χ0) is 12.3. The lowest BCUT2D eigenvalue weighted by Gasteiger charge is -2.06. The number of aryl methyl sites for hydroxylation is 1. The van der Waals surface area contributed by atoms with Crippen molar-refractivity contribution in [2.75, 3.05) is 5.73 Å². The minimum absolute atomic E-state index is 0.105. The molecule has 0 spiro atoms. The molecular formula is C13H13NO3. The largest absolute Gasteiger partial charge is 0.434 e. The molecule has 1 heterocycles. The Bertz CT molecular complexity index is 531. The monoisotopic (exact) mass is 231 g/mol. The maximum atomic E-state index is 11.7. The van der Waals surface area contributed by atoms with Crippen molar-refractivity contribution in [2.45, 2.75) is 13.3 Å². The second kappa shape index (κ2) is 4.74. The standard InChI is InChI=1S/C13H13NO3/c1-2-9-5-3-4-6-10(9)17-13(15)11-7-8-12(14)16-11/h3-8H,2,14H2,1H3. The Balaban J connectivity index is 2.18. The molecule has 0 fully saturated rings. The molecule has 17 heavy (non-hydrogen) atoms. The van der Waals surface area contributed by atoms with Crippen LogP contribution in [0.25, 0.3) is 0 Å². The van der Waals surface area contributed by atoms with Crippen LogP contribution >= 0.6 is 0 Å². The summed E-state index contributed by atoms with van der Waals surface area (Å²) in [6.07, 6.45) is 0.795. The maximum Gasteiger partial charge on any atom is 0.379 e. The number of nitrogen functional groups attached to an aromatic ring is 1. The summed E-state index contributed by atoms with van der Waals surface area (Å²) in [5, 5.41) is 0. The fourth-order valence-corrected chi connectivity index (χ4v) is 1.51. The quantitative estimate of drug-likeness (QED) is 0.651. The van der Waals surface area contributed by atoms with Crippen LogP contribution < -0.4 is 10.5 Å². The van der Waals surface area contributed by atoms with Crippen LogP contribution in [-0.2, 0) is 6.42 Å². The molecular weight excluding hydrogens is 218 g/mol. The summed E-state index contributed by atoms with van der Waals surface area (Å²) in [5.41, 5.74) is 6.36. The molecule has 0 bridgehead atoms. The summed E-state index contributed by atoms with van der Waals surface area (Å²) in [5.74, 6) is 0.312. The number of nitrogens with two attached hydrogens (primary N) is 1. The van der Waals surface area contributed by atoms with Crippen molar-refractivity contribution in [1.82, 2.24) is 0 Å². The predicted molar refractivity (Wildman–Crippen MR) is 63.9 cm³/mol. The molecule has 0 aliphatic rings. The van der Waals surface area contributed by atoms with Crippen LogP contribution in [-0.4, -0.2) is 5.97 Å². The summed E-state index contributed by atoms with van der Waals surface area (Å²) < 4.78 is 10.2. The second-order valence-corrected chi connectivity index (χ2v) is 3.55. The third kappa shape index (κ3) is 2.47. The number of hydrogen-bond acceptors (Lipinski definition) is 4. The molecule has 88 valence electrons. The first-order valence-electron chi connectivity index (χ1n) is 5.36. The molecule has 0 unspecified atom stereocenters. The van der Waals surface area contributed by atoms with Crippen molar-refractivity contribution in [3.63, 3.8) is 0 Å². The van der Waals surface area contributed by atoms with Crippen molar-refractivity contribution in [2.24, 2.45) is 0 Å². The number of hydrogen-bond donors (Lipinski definition) is 1. The topological polar surface area (TPSA) is 65.5 Å². The van der Waals surface area contributed by atoms with Crippen LogP contribution in [0.15, 0.2) is 40.8 Å². The van der Waals surface area contributed by atoms with Gasteiger partial charge in [-0.3, -0.25) is 0 Å². The van der Waals surface area contributed by atoms with Crippen LogP contribution in [0, 0.1) is 0 Å². The normalized spacial score (nSPS) is 10.2. The van der Waals surface area contributed by atoms with Crippen molar-refractivity contribution < 1.29 is 13.9 Å². The molecule has 0 saturated heterocycles. The van der Waals surface area contributed by atoms with Crippen LogP contribution in [0.4, 0.5) is 5.88 Å². The van der Waals surface area contributed by atoms with Gasteiger partial charge in [-0.2, -0.15) is 0 Å². The van der Waals surface area contributed by atoms with Crippen molar-refractivity contribution >= 4 is 11.9 Å². The van der Waals surface area contributed by atoms with Gasteiger partial charge in [-0.15, -0.1) is 0 Å². The van der Waals surface area contributed by atoms with E-state index in [-0.39, 0.29) is 11.6 Å². The third-order valence-electron chi connectivity index (χ3n) is 2.38. The number of para-hydroxylation sites is 1. The lowest BCUT2D eigenvalue weighted by molar-refractivity contribution is 0.0701. The van der Waals surface area contributed by atoms with Gasteiger partial charge >= 0.3 is 5.97 Å². The van der Waals surface area contributed by atoms with E-state index >= 15 is 0 Å². The van der Waals surface area contributed by atoms with Gasteiger partial charge in [0.25, 0.3) is 0 Å². The predicted octanol–water partition coefficient (Wildman–Crippen LogP) is 2.64. The lowest BCUT2D eigenvalue weighted by atomic mass is 10.1. The van der Waals surface area contributed by atoms with Gasteiger partial charge in [0.15, 0.2) is 5.88 Å². The SMILES string of the molecule is CCc1ccccc1OC(=O)c1ccc(N)o1. The fraction of sp³-hybridized carbons (Fsp3) is 0.154. The molecule has 0 amide bonds. The Morgan fingerprint density at radius 2 is 2.06 bits per heavy atom. The summed E-state index contributed by atoms with van der Waals surface area (Å²) in [7, 11) is 0. The van der Waals surface area contributed by atoms with Crippen molar-refractivity contribution in [3.05, 3.63) is 47.7 Å². The number of carbonyl (C=O) groups excluding carboxylic acids is 1. The maximum absolute atomic E-state index is 11.7. The van der Waals surface area contributed by atoms with E-state index in [2.05, 4.69) is 0 Å². The Morgan fingerprint density at radius 1 is 1.29 bits per heavy atom. The molecule has 0 radical (unpaired) electrons. The summed E-state index contributed by atoms with van der Waals surface area (Å²) in [4.78, 5) is 11.7. The first kappa shape index (κ1) is 11.3. The molecule has 2 aromatic rings. The van der Waals surface area contributed by atoms with Crippen LogP contribution in [0.3, 0.4) is 0 Å². The Morgan fingerprint density at radius 3 is 2.71 bits per heavy atom. The van der Waals surface area contributed by atoms with Gasteiger partial charge in [0.05, 0.1) is 0 Å². The average Bonchev–Trinajstić information content (AvgIpc) is 2.77. The number of rotatable bonds is 3. The van der Waals surface area contributed by atoms with Gasteiger partial charge in [-0.25, -0.2) is 4.79 Å². The first-order chi connectivity index (χ1) is 8.20. The second-order valence-electron chi connectivity index (χ2n) is 3.55. The number of esters is 1. The minimum Gasteiger partial charge on any atom is -0.434 e. The molecule has 0 atom stereocenters. The van der Waals surface area contributed by atoms with E-state index in [0.29, 0.717) is 5.75 Å². The van der Waals surface area contributed by atoms with E-state index in [1.807, 2.05) is 25.1 Å². The van der Waals surface area contributed by atoms with E-state index in [9.17, 15) is 4.79 Å². The molecule has 0 aliphatic carbocycles. The molecule has 2 rings (SSSR count). The molecule has 2 N–H and O–H groups in total. The van der Waals surface area contributed by atoms with Gasteiger partial charge in [-0.1, -0.05) is 25.1 Å². The molecule has 0 aliphatic heterocycles. The average molecular weight is 231 g/mol. The molecule has 0 saturated carbocycles. The molecule has 1 aromatic heterocycles. The third-order valence-corrected chi connectivity index (χ3v) is 2.38. The summed E-state index contributed by atoms with van der Waals surface area (Å²) in [6, 6.07) is 10.4. The Hall–Kier alpha value is -2.23. The number of furan rings is 1. The Labute approximate surface area is 99.0 Å². The van der Waals surface area contributed by atoms with Gasteiger partial charge in [-0.05, 0) is 24.1 Å². The van der Waals surface area contributed by atoms with Gasteiger partial charge < -0.3 is 14.9 Å². The van der Waals surface area contributed by atoms with Crippen LogP contribution in [0.2, 0.25) is 0 Å². The minimum atomic E-state index is -0.539. The summed E-state index contributed by atoms with van der Waals surface area (Å²) in [6.45, 7) is 2.00. The number of ether oxygens (including phenoxy) is 1. The van der Waals surface area contributed by atoms with Gasteiger partial charge in [0.1, 0.15) is 5.75 Å². The smallest absolute Gasteiger partial charge is 0.379 e. The molecule has 4 nitrogen and oxygen atoms in total. The highest BCUT2D eigenvalue weighted by Gasteiger charge is 2.14. The van der Waals surface area contributed by atoms with Gasteiger partial charge in [0.2, 0.25) is 5.76 Å². The number of benzene rings is 1.